The minimum Gasteiger partial charge on any atom is -0.347 e. The molecule has 0 bridgehead atoms. The van der Waals surface area contributed by atoms with Crippen LogP contribution in [0.2, 0.25) is 0 Å². The smallest absolute Gasteiger partial charge is 0.0922 e. The number of nitrogens with zero attached hydrogens (tertiary/aromatic N) is 1. The minimum absolute atomic E-state index is 0.452. The van der Waals surface area contributed by atoms with Crippen LogP contribution in [-0.2, 0) is 6.54 Å². The van der Waals surface area contributed by atoms with Crippen LogP contribution in [0.3, 0.4) is 0 Å². The molecular formula is C11H15N3S. The predicted octanol–water partition coefficient (Wildman–Crippen LogP) is 2.71. The Morgan fingerprint density at radius 3 is 3.13 bits per heavy atom. The quantitative estimate of drug-likeness (QED) is 0.815. The van der Waals surface area contributed by atoms with Crippen LogP contribution in [0.15, 0.2) is 30.0 Å². The minimum atomic E-state index is 0.452. The average Bonchev–Trinajstić information content (AvgIpc) is 2.90. The van der Waals surface area contributed by atoms with E-state index in [1.165, 1.54) is 4.88 Å². The molecule has 0 aromatic carbocycles. The number of aromatic amines is 1. The van der Waals surface area contributed by atoms with Gasteiger partial charge in [0.1, 0.15) is 0 Å². The highest BCUT2D eigenvalue weighted by molar-refractivity contribution is 7.10. The molecule has 80 valence electrons. The maximum atomic E-state index is 4.00. The Morgan fingerprint density at radius 1 is 1.60 bits per heavy atom. The molecule has 2 aromatic rings. The first-order valence-electron chi connectivity index (χ1n) is 5.14. The van der Waals surface area contributed by atoms with E-state index in [4.69, 9.17) is 0 Å². The van der Waals surface area contributed by atoms with Crippen LogP contribution in [0.4, 0.5) is 0 Å². The standard InChI is InChI=1S/C11H15N3S/c1-2-10(11-4-3-5-15-11)13-7-9-6-12-8-14-9/h3-6,8,10,13H,2,7H2,1H3,(H,12,14). The second-order valence-electron chi connectivity index (χ2n) is 3.43. The van der Waals surface area contributed by atoms with Gasteiger partial charge in [-0.2, -0.15) is 0 Å². The zero-order valence-corrected chi connectivity index (χ0v) is 9.55. The Morgan fingerprint density at radius 2 is 2.53 bits per heavy atom. The van der Waals surface area contributed by atoms with Gasteiger partial charge in [-0.3, -0.25) is 0 Å². The van der Waals surface area contributed by atoms with Crippen molar-refractivity contribution in [3.63, 3.8) is 0 Å². The zero-order valence-electron chi connectivity index (χ0n) is 8.73. The summed E-state index contributed by atoms with van der Waals surface area (Å²) in [4.78, 5) is 8.49. The Bertz CT molecular complexity index is 366. The van der Waals surface area contributed by atoms with E-state index in [0.717, 1.165) is 18.7 Å². The highest BCUT2D eigenvalue weighted by atomic mass is 32.1. The number of thiophene rings is 1. The molecule has 0 saturated carbocycles. The molecule has 0 aliphatic rings. The third kappa shape index (κ3) is 2.67. The van der Waals surface area contributed by atoms with Crippen LogP contribution in [-0.4, -0.2) is 9.97 Å². The first kappa shape index (κ1) is 10.4. The van der Waals surface area contributed by atoms with E-state index >= 15 is 0 Å². The van der Waals surface area contributed by atoms with Crippen molar-refractivity contribution >= 4 is 11.3 Å². The highest BCUT2D eigenvalue weighted by Gasteiger charge is 2.09. The van der Waals surface area contributed by atoms with E-state index in [2.05, 4.69) is 39.7 Å². The van der Waals surface area contributed by atoms with Gasteiger partial charge in [-0.1, -0.05) is 13.0 Å². The second kappa shape index (κ2) is 5.09. The molecule has 1 atom stereocenters. The summed E-state index contributed by atoms with van der Waals surface area (Å²) < 4.78 is 0. The van der Waals surface area contributed by atoms with Crippen molar-refractivity contribution < 1.29 is 0 Å². The van der Waals surface area contributed by atoms with Crippen molar-refractivity contribution in [1.82, 2.24) is 15.3 Å². The van der Waals surface area contributed by atoms with Crippen molar-refractivity contribution in [2.24, 2.45) is 0 Å². The van der Waals surface area contributed by atoms with Crippen LogP contribution >= 0.6 is 11.3 Å². The molecule has 0 radical (unpaired) electrons. The van der Waals surface area contributed by atoms with Gasteiger partial charge in [0.25, 0.3) is 0 Å². The number of imidazole rings is 1. The Hall–Kier alpha value is -1.13. The van der Waals surface area contributed by atoms with E-state index in [1.807, 2.05) is 6.20 Å². The lowest BCUT2D eigenvalue weighted by Crippen LogP contribution is -2.19. The predicted molar refractivity (Wildman–Crippen MR) is 62.8 cm³/mol. The number of rotatable bonds is 5. The lowest BCUT2D eigenvalue weighted by Gasteiger charge is -2.14. The lowest BCUT2D eigenvalue weighted by atomic mass is 10.2. The maximum absolute atomic E-state index is 4.00. The molecular weight excluding hydrogens is 206 g/mol. The maximum Gasteiger partial charge on any atom is 0.0922 e. The Balaban J connectivity index is 1.92. The van der Waals surface area contributed by atoms with E-state index in [9.17, 15) is 0 Å². The number of hydrogen-bond donors (Lipinski definition) is 2. The Kier molecular flexibility index (Phi) is 3.53. The molecule has 15 heavy (non-hydrogen) atoms. The van der Waals surface area contributed by atoms with Crippen molar-refractivity contribution in [2.45, 2.75) is 25.9 Å². The summed E-state index contributed by atoms with van der Waals surface area (Å²) in [6.07, 6.45) is 4.67. The normalized spacial score (nSPS) is 12.9. The van der Waals surface area contributed by atoms with Gasteiger partial charge >= 0.3 is 0 Å². The molecule has 0 aliphatic carbocycles. The number of nitrogens with one attached hydrogen (secondary N) is 2. The van der Waals surface area contributed by atoms with Gasteiger partial charge in [0, 0.05) is 29.4 Å². The van der Waals surface area contributed by atoms with Crippen LogP contribution in [0, 0.1) is 0 Å². The van der Waals surface area contributed by atoms with Crippen molar-refractivity contribution in [1.29, 1.82) is 0 Å². The summed E-state index contributed by atoms with van der Waals surface area (Å²) in [6, 6.07) is 4.73. The SMILES string of the molecule is CCC(NCc1cnc[nH]1)c1cccs1. The van der Waals surface area contributed by atoms with Gasteiger partial charge in [-0.05, 0) is 17.9 Å². The fraction of sp³-hybridized carbons (Fsp3) is 0.364. The van der Waals surface area contributed by atoms with Gasteiger partial charge < -0.3 is 10.3 Å². The summed E-state index contributed by atoms with van der Waals surface area (Å²) in [5, 5.41) is 5.63. The summed E-state index contributed by atoms with van der Waals surface area (Å²) >= 11 is 1.80. The van der Waals surface area contributed by atoms with Gasteiger partial charge in [-0.25, -0.2) is 4.98 Å². The van der Waals surface area contributed by atoms with E-state index < -0.39 is 0 Å². The van der Waals surface area contributed by atoms with Gasteiger partial charge in [0.15, 0.2) is 0 Å². The fourth-order valence-corrected chi connectivity index (χ4v) is 2.44. The molecule has 0 saturated heterocycles. The highest BCUT2D eigenvalue weighted by Crippen LogP contribution is 2.21. The first-order chi connectivity index (χ1) is 7.40. The fourth-order valence-electron chi connectivity index (χ4n) is 1.55. The zero-order chi connectivity index (χ0) is 10.5. The molecule has 3 nitrogen and oxygen atoms in total. The van der Waals surface area contributed by atoms with E-state index in [-0.39, 0.29) is 0 Å². The van der Waals surface area contributed by atoms with Crippen molar-refractivity contribution in [2.75, 3.05) is 0 Å². The third-order valence-electron chi connectivity index (χ3n) is 2.39. The molecule has 2 N–H and O–H groups in total. The number of aromatic nitrogens is 2. The van der Waals surface area contributed by atoms with Gasteiger partial charge in [0.2, 0.25) is 0 Å². The summed E-state index contributed by atoms with van der Waals surface area (Å²) in [5.41, 5.74) is 1.13. The van der Waals surface area contributed by atoms with Crippen molar-refractivity contribution in [3.05, 3.63) is 40.6 Å². The molecule has 0 aliphatic heterocycles. The van der Waals surface area contributed by atoms with Crippen LogP contribution in [0.25, 0.3) is 0 Å². The second-order valence-corrected chi connectivity index (χ2v) is 4.41. The van der Waals surface area contributed by atoms with Crippen LogP contribution < -0.4 is 5.32 Å². The van der Waals surface area contributed by atoms with E-state index in [0.29, 0.717) is 6.04 Å². The number of hydrogen-bond acceptors (Lipinski definition) is 3. The molecule has 0 fully saturated rings. The third-order valence-corrected chi connectivity index (χ3v) is 3.37. The van der Waals surface area contributed by atoms with Gasteiger partial charge in [0.05, 0.1) is 6.33 Å². The molecule has 1 unspecified atom stereocenters. The van der Waals surface area contributed by atoms with Crippen LogP contribution in [0.1, 0.15) is 30.0 Å². The molecule has 0 amide bonds. The van der Waals surface area contributed by atoms with E-state index in [1.54, 1.807) is 17.7 Å². The molecule has 2 aromatic heterocycles. The van der Waals surface area contributed by atoms with Crippen LogP contribution in [0.5, 0.6) is 0 Å². The lowest BCUT2D eigenvalue weighted by molar-refractivity contribution is 0.522. The molecule has 2 rings (SSSR count). The largest absolute Gasteiger partial charge is 0.347 e. The van der Waals surface area contributed by atoms with Crippen molar-refractivity contribution in [3.8, 4) is 0 Å². The van der Waals surface area contributed by atoms with Gasteiger partial charge in [-0.15, -0.1) is 11.3 Å². The first-order valence-corrected chi connectivity index (χ1v) is 6.02. The molecule has 0 spiro atoms. The molecule has 2 heterocycles. The summed E-state index contributed by atoms with van der Waals surface area (Å²) in [7, 11) is 0. The topological polar surface area (TPSA) is 40.7 Å². The summed E-state index contributed by atoms with van der Waals surface area (Å²) in [6.45, 7) is 3.04. The average molecular weight is 221 g/mol. The monoisotopic (exact) mass is 221 g/mol. The number of H-pyrrole nitrogens is 1. The summed E-state index contributed by atoms with van der Waals surface area (Å²) in [5.74, 6) is 0. The molecule has 4 heteroatoms. The Labute approximate surface area is 93.6 Å².